The van der Waals surface area contributed by atoms with E-state index in [0.717, 1.165) is 58.0 Å². The summed E-state index contributed by atoms with van der Waals surface area (Å²) in [6, 6.07) is 8.19. The van der Waals surface area contributed by atoms with E-state index in [1.807, 2.05) is 12.1 Å². The fourth-order valence-electron chi connectivity index (χ4n) is 2.41. The van der Waals surface area contributed by atoms with Crippen molar-refractivity contribution in [2.45, 2.75) is 13.3 Å². The Kier molecular flexibility index (Phi) is 5.48. The molecule has 1 aliphatic heterocycles. The Morgan fingerprint density at radius 2 is 1.84 bits per heavy atom. The van der Waals surface area contributed by atoms with Crippen LogP contribution in [0.5, 0.6) is 0 Å². The van der Waals surface area contributed by atoms with Crippen molar-refractivity contribution in [2.24, 2.45) is 0 Å². The molecular formula is C15H25N3O. The minimum atomic E-state index is 0.827. The molecule has 4 nitrogen and oxygen atoms in total. The third-order valence-electron chi connectivity index (χ3n) is 3.54. The predicted octanol–water partition coefficient (Wildman–Crippen LogP) is 1.82. The van der Waals surface area contributed by atoms with Crippen LogP contribution >= 0.6 is 0 Å². The van der Waals surface area contributed by atoms with E-state index in [1.165, 1.54) is 5.69 Å². The van der Waals surface area contributed by atoms with Crippen LogP contribution in [0, 0.1) is 0 Å². The second-order valence-electron chi connectivity index (χ2n) is 5.03. The number of anilines is 2. The van der Waals surface area contributed by atoms with Gasteiger partial charge in [-0.05, 0) is 30.7 Å². The van der Waals surface area contributed by atoms with Gasteiger partial charge in [-0.25, -0.2) is 0 Å². The molecule has 4 heteroatoms. The van der Waals surface area contributed by atoms with Crippen molar-refractivity contribution in [2.75, 3.05) is 56.6 Å². The first-order chi connectivity index (χ1) is 9.29. The van der Waals surface area contributed by atoms with Crippen LogP contribution in [0.15, 0.2) is 24.3 Å². The van der Waals surface area contributed by atoms with Crippen molar-refractivity contribution in [3.8, 4) is 0 Å². The minimum absolute atomic E-state index is 0.827. The molecule has 19 heavy (non-hydrogen) atoms. The Labute approximate surface area is 116 Å². The summed E-state index contributed by atoms with van der Waals surface area (Å²) in [6.45, 7) is 9.34. The SMILES string of the molecule is CCCN(CCN1CCOCC1)c1ccc(N)cc1. The summed E-state index contributed by atoms with van der Waals surface area (Å²) in [5, 5.41) is 0. The Balaban J connectivity index is 1.89. The number of morpholine rings is 1. The lowest BCUT2D eigenvalue weighted by Gasteiger charge is -2.31. The van der Waals surface area contributed by atoms with Crippen LogP contribution in [0.4, 0.5) is 11.4 Å². The molecule has 1 aliphatic rings. The molecule has 2 N–H and O–H groups in total. The first kappa shape index (κ1) is 14.2. The third kappa shape index (κ3) is 4.40. The fraction of sp³-hybridized carbons (Fsp3) is 0.600. The van der Waals surface area contributed by atoms with Gasteiger partial charge in [0, 0.05) is 44.1 Å². The highest BCUT2D eigenvalue weighted by molar-refractivity contribution is 5.53. The Morgan fingerprint density at radius 3 is 2.47 bits per heavy atom. The number of ether oxygens (including phenoxy) is 1. The van der Waals surface area contributed by atoms with Gasteiger partial charge in [-0.15, -0.1) is 0 Å². The van der Waals surface area contributed by atoms with Gasteiger partial charge in [0.1, 0.15) is 0 Å². The van der Waals surface area contributed by atoms with Crippen molar-refractivity contribution >= 4 is 11.4 Å². The lowest BCUT2D eigenvalue weighted by molar-refractivity contribution is 0.0392. The predicted molar refractivity (Wildman–Crippen MR) is 80.6 cm³/mol. The number of hydrogen-bond acceptors (Lipinski definition) is 4. The van der Waals surface area contributed by atoms with Crippen LogP contribution in [0.2, 0.25) is 0 Å². The third-order valence-corrected chi connectivity index (χ3v) is 3.54. The van der Waals surface area contributed by atoms with Gasteiger partial charge < -0.3 is 15.4 Å². The zero-order chi connectivity index (χ0) is 13.5. The van der Waals surface area contributed by atoms with Gasteiger partial charge in [-0.2, -0.15) is 0 Å². The van der Waals surface area contributed by atoms with Crippen LogP contribution in [-0.4, -0.2) is 50.8 Å². The van der Waals surface area contributed by atoms with Crippen LogP contribution in [0.1, 0.15) is 13.3 Å². The fourth-order valence-corrected chi connectivity index (χ4v) is 2.41. The van der Waals surface area contributed by atoms with Crippen molar-refractivity contribution in [3.63, 3.8) is 0 Å². The van der Waals surface area contributed by atoms with Gasteiger partial charge in [0.05, 0.1) is 13.2 Å². The smallest absolute Gasteiger partial charge is 0.0594 e. The lowest BCUT2D eigenvalue weighted by atomic mass is 10.2. The molecule has 1 saturated heterocycles. The van der Waals surface area contributed by atoms with E-state index in [9.17, 15) is 0 Å². The first-order valence-electron chi connectivity index (χ1n) is 7.20. The first-order valence-corrected chi connectivity index (χ1v) is 7.20. The molecule has 1 aromatic rings. The van der Waals surface area contributed by atoms with Gasteiger partial charge in [0.15, 0.2) is 0 Å². The molecule has 0 aliphatic carbocycles. The number of nitrogens with two attached hydrogens (primary N) is 1. The normalized spacial score (nSPS) is 16.5. The maximum absolute atomic E-state index is 5.75. The lowest BCUT2D eigenvalue weighted by Crippen LogP contribution is -2.41. The average molecular weight is 263 g/mol. The van der Waals surface area contributed by atoms with E-state index in [-0.39, 0.29) is 0 Å². The molecular weight excluding hydrogens is 238 g/mol. The maximum Gasteiger partial charge on any atom is 0.0594 e. The van der Waals surface area contributed by atoms with Crippen LogP contribution < -0.4 is 10.6 Å². The van der Waals surface area contributed by atoms with Crippen molar-refractivity contribution < 1.29 is 4.74 Å². The van der Waals surface area contributed by atoms with Gasteiger partial charge in [0.2, 0.25) is 0 Å². The highest BCUT2D eigenvalue weighted by atomic mass is 16.5. The summed E-state index contributed by atoms with van der Waals surface area (Å²) < 4.78 is 5.38. The van der Waals surface area contributed by atoms with Crippen LogP contribution in [0.3, 0.4) is 0 Å². The second kappa shape index (κ2) is 7.36. The summed E-state index contributed by atoms with van der Waals surface area (Å²) >= 11 is 0. The van der Waals surface area contributed by atoms with E-state index in [0.29, 0.717) is 0 Å². The van der Waals surface area contributed by atoms with E-state index in [2.05, 4.69) is 28.9 Å². The summed E-state index contributed by atoms with van der Waals surface area (Å²) in [4.78, 5) is 4.92. The highest BCUT2D eigenvalue weighted by Gasteiger charge is 2.12. The van der Waals surface area contributed by atoms with Gasteiger partial charge in [0.25, 0.3) is 0 Å². The van der Waals surface area contributed by atoms with Crippen LogP contribution in [0.25, 0.3) is 0 Å². The zero-order valence-corrected chi connectivity index (χ0v) is 11.8. The number of hydrogen-bond donors (Lipinski definition) is 1. The number of nitrogen functional groups attached to an aromatic ring is 1. The largest absolute Gasteiger partial charge is 0.399 e. The molecule has 0 saturated carbocycles. The van der Waals surface area contributed by atoms with E-state index >= 15 is 0 Å². The number of benzene rings is 1. The molecule has 0 amide bonds. The van der Waals surface area contributed by atoms with Gasteiger partial charge in [-0.3, -0.25) is 4.90 Å². The molecule has 1 aromatic carbocycles. The average Bonchev–Trinajstić information content (AvgIpc) is 2.46. The van der Waals surface area contributed by atoms with Gasteiger partial charge >= 0.3 is 0 Å². The molecule has 0 unspecified atom stereocenters. The maximum atomic E-state index is 5.75. The molecule has 0 atom stereocenters. The molecule has 0 aromatic heterocycles. The molecule has 2 rings (SSSR count). The van der Waals surface area contributed by atoms with E-state index in [4.69, 9.17) is 10.5 Å². The monoisotopic (exact) mass is 263 g/mol. The van der Waals surface area contributed by atoms with Crippen LogP contribution in [-0.2, 0) is 4.74 Å². The van der Waals surface area contributed by atoms with Crippen molar-refractivity contribution in [1.82, 2.24) is 4.90 Å². The van der Waals surface area contributed by atoms with Gasteiger partial charge in [-0.1, -0.05) is 6.92 Å². The van der Waals surface area contributed by atoms with Crippen molar-refractivity contribution in [3.05, 3.63) is 24.3 Å². The van der Waals surface area contributed by atoms with Crippen molar-refractivity contribution in [1.29, 1.82) is 0 Å². The topological polar surface area (TPSA) is 41.7 Å². The summed E-state index contributed by atoms with van der Waals surface area (Å²) in [6.07, 6.45) is 1.16. The standard InChI is InChI=1S/C15H25N3O/c1-2-7-18(15-5-3-14(16)4-6-15)9-8-17-10-12-19-13-11-17/h3-6H,2,7-13,16H2,1H3. The second-order valence-corrected chi connectivity index (χ2v) is 5.03. The summed E-state index contributed by atoms with van der Waals surface area (Å²) in [5.41, 5.74) is 7.85. The molecule has 0 radical (unpaired) electrons. The van der Waals surface area contributed by atoms with E-state index in [1.54, 1.807) is 0 Å². The molecule has 0 spiro atoms. The Bertz CT molecular complexity index is 360. The molecule has 0 bridgehead atoms. The molecule has 106 valence electrons. The number of nitrogens with zero attached hydrogens (tertiary/aromatic N) is 2. The minimum Gasteiger partial charge on any atom is -0.399 e. The molecule has 1 heterocycles. The Morgan fingerprint density at radius 1 is 1.16 bits per heavy atom. The molecule has 1 fully saturated rings. The summed E-state index contributed by atoms with van der Waals surface area (Å²) in [7, 11) is 0. The van der Waals surface area contributed by atoms with E-state index < -0.39 is 0 Å². The number of rotatable bonds is 6. The quantitative estimate of drug-likeness (QED) is 0.795. The summed E-state index contributed by atoms with van der Waals surface area (Å²) in [5.74, 6) is 0. The highest BCUT2D eigenvalue weighted by Crippen LogP contribution is 2.16. The zero-order valence-electron chi connectivity index (χ0n) is 11.8. The Hall–Kier alpha value is -1.26.